The average Bonchev–Trinajstić information content (AvgIpc) is 2.40. The van der Waals surface area contributed by atoms with E-state index in [9.17, 15) is 13.2 Å². The van der Waals surface area contributed by atoms with Crippen molar-refractivity contribution in [1.82, 2.24) is 5.32 Å². The molecule has 20 heavy (non-hydrogen) atoms. The van der Waals surface area contributed by atoms with Gasteiger partial charge in [0.15, 0.2) is 0 Å². The van der Waals surface area contributed by atoms with E-state index in [-0.39, 0.29) is 11.9 Å². The van der Waals surface area contributed by atoms with E-state index in [0.717, 1.165) is 11.6 Å². The summed E-state index contributed by atoms with van der Waals surface area (Å²) in [7, 11) is 0. The van der Waals surface area contributed by atoms with Gasteiger partial charge in [-0.25, -0.2) is 13.2 Å². The molecule has 0 fully saturated rings. The summed E-state index contributed by atoms with van der Waals surface area (Å²) in [6.45, 7) is 3.89. The number of aryl methyl sites for hydroxylation is 1. The van der Waals surface area contributed by atoms with Gasteiger partial charge in [0.2, 0.25) is 0 Å². The highest BCUT2D eigenvalue weighted by Crippen LogP contribution is 2.18. The van der Waals surface area contributed by atoms with Crippen LogP contribution in [0.1, 0.15) is 29.7 Å². The van der Waals surface area contributed by atoms with Crippen LogP contribution < -0.4 is 5.32 Å². The minimum Gasteiger partial charge on any atom is -0.306 e. The van der Waals surface area contributed by atoms with Crippen molar-refractivity contribution >= 4 is 0 Å². The SMILES string of the molecule is Cc1ccc(CNC(C)c2ccc(F)cc2F)cc1F. The van der Waals surface area contributed by atoms with Crippen molar-refractivity contribution < 1.29 is 13.2 Å². The Morgan fingerprint density at radius 2 is 1.75 bits per heavy atom. The number of halogens is 3. The van der Waals surface area contributed by atoms with E-state index in [1.54, 1.807) is 19.9 Å². The lowest BCUT2D eigenvalue weighted by atomic mass is 10.1. The van der Waals surface area contributed by atoms with Gasteiger partial charge in [0.25, 0.3) is 0 Å². The van der Waals surface area contributed by atoms with Gasteiger partial charge in [0.05, 0.1) is 0 Å². The van der Waals surface area contributed by atoms with Crippen LogP contribution in [0, 0.1) is 24.4 Å². The molecule has 0 bridgehead atoms. The van der Waals surface area contributed by atoms with E-state index >= 15 is 0 Å². The van der Waals surface area contributed by atoms with Crippen molar-refractivity contribution in [3.63, 3.8) is 0 Å². The van der Waals surface area contributed by atoms with Crippen molar-refractivity contribution in [1.29, 1.82) is 0 Å². The molecule has 2 aromatic rings. The second-order valence-corrected chi connectivity index (χ2v) is 4.85. The predicted molar refractivity (Wildman–Crippen MR) is 72.7 cm³/mol. The molecule has 0 saturated carbocycles. The number of hydrogen-bond donors (Lipinski definition) is 1. The van der Waals surface area contributed by atoms with Gasteiger partial charge >= 0.3 is 0 Å². The Bertz CT molecular complexity index is 611. The number of rotatable bonds is 4. The maximum atomic E-state index is 13.6. The van der Waals surface area contributed by atoms with Crippen molar-refractivity contribution in [2.75, 3.05) is 0 Å². The molecule has 1 atom stereocenters. The first-order valence-electron chi connectivity index (χ1n) is 6.40. The summed E-state index contributed by atoms with van der Waals surface area (Å²) in [6.07, 6.45) is 0. The van der Waals surface area contributed by atoms with Crippen molar-refractivity contribution in [2.45, 2.75) is 26.4 Å². The Balaban J connectivity index is 2.04. The lowest BCUT2D eigenvalue weighted by Gasteiger charge is -2.15. The topological polar surface area (TPSA) is 12.0 Å². The van der Waals surface area contributed by atoms with Crippen LogP contribution in [0.4, 0.5) is 13.2 Å². The quantitative estimate of drug-likeness (QED) is 0.881. The molecule has 106 valence electrons. The van der Waals surface area contributed by atoms with E-state index in [4.69, 9.17) is 0 Å². The summed E-state index contributed by atoms with van der Waals surface area (Å²) in [5, 5.41) is 3.09. The van der Waals surface area contributed by atoms with Gasteiger partial charge in [-0.3, -0.25) is 0 Å². The summed E-state index contributed by atoms with van der Waals surface area (Å²) in [5.74, 6) is -1.44. The number of hydrogen-bond acceptors (Lipinski definition) is 1. The molecule has 0 saturated heterocycles. The van der Waals surface area contributed by atoms with Crippen LogP contribution in [0.15, 0.2) is 36.4 Å². The summed E-state index contributed by atoms with van der Waals surface area (Å²) in [6, 6.07) is 8.18. The Labute approximate surface area is 116 Å². The largest absolute Gasteiger partial charge is 0.306 e. The van der Waals surface area contributed by atoms with Crippen LogP contribution in [0.3, 0.4) is 0 Å². The monoisotopic (exact) mass is 279 g/mol. The van der Waals surface area contributed by atoms with Gasteiger partial charge < -0.3 is 5.32 Å². The standard InChI is InChI=1S/C16H16F3N/c1-10-3-4-12(7-15(10)18)9-20-11(2)14-6-5-13(17)8-16(14)19/h3-8,11,20H,9H2,1-2H3. The molecule has 2 rings (SSSR count). The van der Waals surface area contributed by atoms with E-state index < -0.39 is 11.6 Å². The molecule has 1 N–H and O–H groups in total. The lowest BCUT2D eigenvalue weighted by molar-refractivity contribution is 0.516. The van der Waals surface area contributed by atoms with Gasteiger partial charge in [-0.05, 0) is 37.1 Å². The first kappa shape index (κ1) is 14.6. The van der Waals surface area contributed by atoms with E-state index in [2.05, 4.69) is 5.32 Å². The van der Waals surface area contributed by atoms with Gasteiger partial charge in [0.1, 0.15) is 17.5 Å². The molecule has 0 heterocycles. The third-order valence-electron chi connectivity index (χ3n) is 3.28. The second kappa shape index (κ2) is 6.09. The molecule has 1 unspecified atom stereocenters. The summed E-state index contributed by atoms with van der Waals surface area (Å²) in [4.78, 5) is 0. The first-order chi connectivity index (χ1) is 9.47. The molecule has 0 aliphatic heterocycles. The maximum absolute atomic E-state index is 13.6. The fourth-order valence-electron chi connectivity index (χ4n) is 1.98. The van der Waals surface area contributed by atoms with Crippen molar-refractivity contribution in [2.24, 2.45) is 0 Å². The molecular formula is C16H16F3N. The molecule has 4 heteroatoms. The highest BCUT2D eigenvalue weighted by molar-refractivity contribution is 5.24. The summed E-state index contributed by atoms with van der Waals surface area (Å²) >= 11 is 0. The normalized spacial score (nSPS) is 12.4. The van der Waals surface area contributed by atoms with Gasteiger partial charge in [-0.2, -0.15) is 0 Å². The molecule has 0 aliphatic carbocycles. The first-order valence-corrected chi connectivity index (χ1v) is 6.40. The third-order valence-corrected chi connectivity index (χ3v) is 3.28. The molecule has 0 amide bonds. The van der Waals surface area contributed by atoms with Crippen molar-refractivity contribution in [3.05, 3.63) is 70.5 Å². The minimum absolute atomic E-state index is 0.259. The van der Waals surface area contributed by atoms with Crippen LogP contribution in [0.2, 0.25) is 0 Å². The van der Waals surface area contributed by atoms with E-state index in [1.807, 2.05) is 6.07 Å². The fourth-order valence-corrected chi connectivity index (χ4v) is 1.98. The fraction of sp³-hybridized carbons (Fsp3) is 0.250. The van der Waals surface area contributed by atoms with E-state index in [1.165, 1.54) is 18.2 Å². The Morgan fingerprint density at radius 3 is 2.40 bits per heavy atom. The second-order valence-electron chi connectivity index (χ2n) is 4.85. The highest BCUT2D eigenvalue weighted by atomic mass is 19.1. The molecule has 0 aliphatic rings. The molecule has 0 radical (unpaired) electrons. The maximum Gasteiger partial charge on any atom is 0.130 e. The lowest BCUT2D eigenvalue weighted by Crippen LogP contribution is -2.19. The van der Waals surface area contributed by atoms with Crippen LogP contribution in [0.25, 0.3) is 0 Å². The minimum atomic E-state index is -0.598. The number of nitrogens with one attached hydrogen (secondary N) is 1. The van der Waals surface area contributed by atoms with Crippen LogP contribution >= 0.6 is 0 Å². The average molecular weight is 279 g/mol. The van der Waals surface area contributed by atoms with Crippen LogP contribution in [-0.2, 0) is 6.54 Å². The van der Waals surface area contributed by atoms with Crippen LogP contribution in [-0.4, -0.2) is 0 Å². The molecule has 0 spiro atoms. The van der Waals surface area contributed by atoms with Gasteiger partial charge in [-0.15, -0.1) is 0 Å². The zero-order chi connectivity index (χ0) is 14.7. The van der Waals surface area contributed by atoms with E-state index in [0.29, 0.717) is 17.7 Å². The van der Waals surface area contributed by atoms with Crippen LogP contribution in [0.5, 0.6) is 0 Å². The third kappa shape index (κ3) is 3.39. The Kier molecular flexibility index (Phi) is 4.45. The summed E-state index contributed by atoms with van der Waals surface area (Å²) < 4.78 is 39.9. The Morgan fingerprint density at radius 1 is 1.00 bits per heavy atom. The summed E-state index contributed by atoms with van der Waals surface area (Å²) in [5.41, 5.74) is 1.76. The van der Waals surface area contributed by atoms with Gasteiger partial charge in [-0.1, -0.05) is 18.2 Å². The van der Waals surface area contributed by atoms with Gasteiger partial charge in [0, 0.05) is 24.2 Å². The molecular weight excluding hydrogens is 263 g/mol. The Hall–Kier alpha value is -1.81. The van der Waals surface area contributed by atoms with Crippen molar-refractivity contribution in [3.8, 4) is 0 Å². The number of benzene rings is 2. The predicted octanol–water partition coefficient (Wildman–Crippen LogP) is 4.26. The molecule has 0 aromatic heterocycles. The molecule has 1 nitrogen and oxygen atoms in total. The zero-order valence-electron chi connectivity index (χ0n) is 11.4. The smallest absolute Gasteiger partial charge is 0.130 e. The molecule has 2 aromatic carbocycles. The zero-order valence-corrected chi connectivity index (χ0v) is 11.4. The highest BCUT2D eigenvalue weighted by Gasteiger charge is 2.11.